The maximum atomic E-state index is 12.5. The molecule has 1 aromatic rings. The maximum absolute atomic E-state index is 12.5. The van der Waals surface area contributed by atoms with E-state index in [-0.39, 0.29) is 11.1 Å². The van der Waals surface area contributed by atoms with Crippen LogP contribution in [0.25, 0.3) is 0 Å². The van der Waals surface area contributed by atoms with Crippen LogP contribution in [0.2, 0.25) is 0 Å². The van der Waals surface area contributed by atoms with E-state index in [1.165, 1.54) is 0 Å². The van der Waals surface area contributed by atoms with E-state index in [0.717, 1.165) is 24.8 Å². The average Bonchev–Trinajstić information content (AvgIpc) is 3.21. The molecule has 0 spiro atoms. The van der Waals surface area contributed by atoms with Gasteiger partial charge in [0.15, 0.2) is 5.03 Å². The van der Waals surface area contributed by atoms with Crippen molar-refractivity contribution in [1.82, 2.24) is 14.6 Å². The molecule has 1 aromatic heterocycles. The van der Waals surface area contributed by atoms with Gasteiger partial charge in [-0.2, -0.15) is 4.31 Å². The predicted octanol–water partition coefficient (Wildman–Crippen LogP) is 1.36. The lowest BCUT2D eigenvalue weighted by Crippen LogP contribution is -2.34. The van der Waals surface area contributed by atoms with Crippen molar-refractivity contribution >= 4 is 10.0 Å². The van der Waals surface area contributed by atoms with Crippen LogP contribution in [0.1, 0.15) is 31.7 Å². The lowest BCUT2D eigenvalue weighted by molar-refractivity contribution is 0.401. The summed E-state index contributed by atoms with van der Waals surface area (Å²) >= 11 is 0. The van der Waals surface area contributed by atoms with E-state index in [9.17, 15) is 8.42 Å². The monoisotopic (exact) mass is 283 g/mol. The Kier molecular flexibility index (Phi) is 4.54. The smallest absolute Gasteiger partial charge is 0.260 e. The highest BCUT2D eigenvalue weighted by Crippen LogP contribution is 2.31. The highest BCUT2D eigenvalue weighted by atomic mass is 32.2. The van der Waals surface area contributed by atoms with Gasteiger partial charge >= 0.3 is 0 Å². The number of hydrogen-bond donors (Lipinski definition) is 1. The van der Waals surface area contributed by atoms with Gasteiger partial charge in [-0.15, -0.1) is 0 Å². The number of sulfonamides is 1. The van der Waals surface area contributed by atoms with Gasteiger partial charge in [-0.1, -0.05) is 13.0 Å². The Morgan fingerprint density at radius 3 is 2.63 bits per heavy atom. The van der Waals surface area contributed by atoms with Crippen molar-refractivity contribution < 1.29 is 8.42 Å². The van der Waals surface area contributed by atoms with Crippen molar-refractivity contribution in [2.75, 3.05) is 13.6 Å². The summed E-state index contributed by atoms with van der Waals surface area (Å²) in [5, 5.41) is 3.17. The fourth-order valence-electron chi connectivity index (χ4n) is 2.07. The number of hydrogen-bond acceptors (Lipinski definition) is 4. The Morgan fingerprint density at radius 2 is 2.16 bits per heavy atom. The second kappa shape index (κ2) is 5.98. The molecule has 0 aliphatic heterocycles. The third kappa shape index (κ3) is 3.32. The zero-order valence-electron chi connectivity index (χ0n) is 11.5. The molecule has 0 saturated heterocycles. The summed E-state index contributed by atoms with van der Waals surface area (Å²) in [4.78, 5) is 4.11. The number of nitrogens with one attached hydrogen (secondary N) is 1. The van der Waals surface area contributed by atoms with Crippen LogP contribution >= 0.6 is 0 Å². The molecule has 5 nitrogen and oxygen atoms in total. The number of nitrogens with zero attached hydrogens (tertiary/aromatic N) is 2. The van der Waals surface area contributed by atoms with Crippen molar-refractivity contribution in [2.45, 2.75) is 43.8 Å². The quantitative estimate of drug-likeness (QED) is 0.821. The van der Waals surface area contributed by atoms with Crippen molar-refractivity contribution in [1.29, 1.82) is 0 Å². The van der Waals surface area contributed by atoms with Crippen molar-refractivity contribution in [3.05, 3.63) is 23.9 Å². The molecule has 1 fully saturated rings. The van der Waals surface area contributed by atoms with Crippen LogP contribution in [-0.4, -0.2) is 37.3 Å². The molecule has 0 unspecified atom stereocenters. The lowest BCUT2D eigenvalue weighted by atomic mass is 10.3. The van der Waals surface area contributed by atoms with Crippen LogP contribution in [-0.2, 0) is 16.6 Å². The number of pyridine rings is 1. The zero-order chi connectivity index (χ0) is 13.9. The van der Waals surface area contributed by atoms with Gasteiger partial charge in [-0.05, 0) is 37.9 Å². The molecule has 1 heterocycles. The van der Waals surface area contributed by atoms with E-state index >= 15 is 0 Å². The van der Waals surface area contributed by atoms with E-state index in [0.29, 0.717) is 13.1 Å². The van der Waals surface area contributed by atoms with Gasteiger partial charge in [-0.25, -0.2) is 13.4 Å². The molecule has 0 aromatic carbocycles. The molecule has 0 atom stereocenters. The summed E-state index contributed by atoms with van der Waals surface area (Å²) in [7, 11) is -1.58. The van der Waals surface area contributed by atoms with E-state index in [1.54, 1.807) is 16.6 Å². The third-order valence-corrected chi connectivity index (χ3v) is 5.02. The van der Waals surface area contributed by atoms with Crippen LogP contribution in [0.3, 0.4) is 0 Å². The summed E-state index contributed by atoms with van der Waals surface area (Å²) < 4.78 is 26.6. The molecule has 1 aliphatic carbocycles. The van der Waals surface area contributed by atoms with Crippen LogP contribution in [0.15, 0.2) is 23.4 Å². The minimum Gasteiger partial charge on any atom is -0.316 e. The zero-order valence-corrected chi connectivity index (χ0v) is 12.3. The molecule has 1 saturated carbocycles. The van der Waals surface area contributed by atoms with E-state index in [4.69, 9.17) is 0 Å². The summed E-state index contributed by atoms with van der Waals surface area (Å²) in [5.74, 6) is 0. The minimum absolute atomic E-state index is 0.160. The minimum atomic E-state index is -3.43. The first-order valence-electron chi connectivity index (χ1n) is 6.71. The molecule has 0 bridgehead atoms. The Balaban J connectivity index is 2.22. The Hall–Kier alpha value is -0.980. The Labute approximate surface area is 115 Å². The van der Waals surface area contributed by atoms with E-state index < -0.39 is 10.0 Å². The van der Waals surface area contributed by atoms with Gasteiger partial charge < -0.3 is 5.32 Å². The highest BCUT2D eigenvalue weighted by molar-refractivity contribution is 7.89. The average molecular weight is 283 g/mol. The fraction of sp³-hybridized carbons (Fsp3) is 0.615. The largest absolute Gasteiger partial charge is 0.316 e. The normalized spacial score (nSPS) is 15.9. The molecule has 2 rings (SSSR count). The molecule has 0 radical (unpaired) electrons. The SMILES string of the molecule is CCCN(C1CC1)S(=O)(=O)c1ccc(CNC)cn1. The van der Waals surface area contributed by atoms with Crippen LogP contribution in [0.5, 0.6) is 0 Å². The Morgan fingerprint density at radius 1 is 1.42 bits per heavy atom. The molecule has 1 N–H and O–H groups in total. The first-order valence-corrected chi connectivity index (χ1v) is 8.15. The summed E-state index contributed by atoms with van der Waals surface area (Å²) in [5.41, 5.74) is 0.981. The van der Waals surface area contributed by atoms with Crippen molar-refractivity contribution in [2.24, 2.45) is 0 Å². The standard InChI is InChI=1S/C13H21N3O2S/c1-3-8-16(12-5-6-12)19(17,18)13-7-4-11(9-14-2)10-15-13/h4,7,10,12,14H,3,5-6,8-9H2,1-2H3. The van der Waals surface area contributed by atoms with Crippen molar-refractivity contribution in [3.8, 4) is 0 Å². The van der Waals surface area contributed by atoms with Gasteiger partial charge in [0.05, 0.1) is 0 Å². The number of aromatic nitrogens is 1. The Bertz CT molecular complexity index is 509. The van der Waals surface area contributed by atoms with Crippen LogP contribution < -0.4 is 5.32 Å². The maximum Gasteiger partial charge on any atom is 0.260 e. The summed E-state index contributed by atoms with van der Waals surface area (Å²) in [6.45, 7) is 3.26. The first kappa shape index (κ1) is 14.4. The van der Waals surface area contributed by atoms with Gasteiger partial charge in [0.1, 0.15) is 0 Å². The van der Waals surface area contributed by atoms with Crippen LogP contribution in [0, 0.1) is 0 Å². The third-order valence-electron chi connectivity index (χ3n) is 3.15. The highest BCUT2D eigenvalue weighted by Gasteiger charge is 2.37. The van der Waals surface area contributed by atoms with Gasteiger partial charge in [0.25, 0.3) is 10.0 Å². The topological polar surface area (TPSA) is 62.3 Å². The fourth-order valence-corrected chi connectivity index (χ4v) is 3.77. The van der Waals surface area contributed by atoms with Gasteiger partial charge in [0, 0.05) is 25.3 Å². The second-order valence-electron chi connectivity index (χ2n) is 4.88. The molecule has 6 heteroatoms. The molecule has 19 heavy (non-hydrogen) atoms. The lowest BCUT2D eigenvalue weighted by Gasteiger charge is -2.20. The van der Waals surface area contributed by atoms with E-state index in [2.05, 4.69) is 10.3 Å². The first-order chi connectivity index (χ1) is 9.09. The molecule has 1 aliphatic rings. The predicted molar refractivity (Wildman–Crippen MR) is 74.2 cm³/mol. The molecule has 106 valence electrons. The molecule has 0 amide bonds. The summed E-state index contributed by atoms with van der Waals surface area (Å²) in [6.07, 6.45) is 4.39. The van der Waals surface area contributed by atoms with E-state index in [1.807, 2.05) is 20.0 Å². The van der Waals surface area contributed by atoms with Gasteiger partial charge in [-0.3, -0.25) is 0 Å². The number of rotatable bonds is 7. The second-order valence-corrected chi connectivity index (χ2v) is 6.72. The van der Waals surface area contributed by atoms with Crippen LogP contribution in [0.4, 0.5) is 0 Å². The van der Waals surface area contributed by atoms with Gasteiger partial charge in [0.2, 0.25) is 0 Å². The summed E-state index contributed by atoms with van der Waals surface area (Å²) in [6, 6.07) is 3.60. The molecular weight excluding hydrogens is 262 g/mol. The van der Waals surface area contributed by atoms with Crippen molar-refractivity contribution in [3.63, 3.8) is 0 Å². The molecular formula is C13H21N3O2S.